The first kappa shape index (κ1) is 15.9. The minimum absolute atomic E-state index is 0.00390. The van der Waals surface area contributed by atoms with Gasteiger partial charge < -0.3 is 5.11 Å². The molecule has 1 fully saturated rings. The predicted molar refractivity (Wildman–Crippen MR) is 77.0 cm³/mol. The molecule has 0 bridgehead atoms. The summed E-state index contributed by atoms with van der Waals surface area (Å²) in [4.78, 5) is 0.617. The first-order valence-electron chi connectivity index (χ1n) is 6.17. The number of aliphatic hydroxyl groups is 1. The van der Waals surface area contributed by atoms with Crippen LogP contribution in [0.2, 0.25) is 0 Å². The average Bonchev–Trinajstić information content (AvgIpc) is 2.64. The Morgan fingerprint density at radius 1 is 1.35 bits per heavy atom. The van der Waals surface area contributed by atoms with E-state index in [1.807, 2.05) is 0 Å². The van der Waals surface area contributed by atoms with Crippen molar-refractivity contribution in [3.63, 3.8) is 0 Å². The molecule has 0 atom stereocenters. The molecule has 0 spiro atoms. The molecule has 1 aromatic heterocycles. The summed E-state index contributed by atoms with van der Waals surface area (Å²) >= 11 is 1.04. The number of hydrogen-bond donors (Lipinski definition) is 1. The molecule has 9 heteroatoms. The van der Waals surface area contributed by atoms with E-state index in [0.29, 0.717) is 11.3 Å². The number of sulfonamides is 1. The maximum atomic E-state index is 12.5. The molecule has 20 heavy (non-hydrogen) atoms. The highest BCUT2D eigenvalue weighted by molar-refractivity contribution is 7.92. The molecule has 2 heterocycles. The van der Waals surface area contributed by atoms with Gasteiger partial charge in [0, 0.05) is 18.0 Å². The van der Waals surface area contributed by atoms with Crippen molar-refractivity contribution in [1.29, 1.82) is 0 Å². The molecule has 1 saturated heterocycles. The fourth-order valence-electron chi connectivity index (χ4n) is 2.06. The number of aliphatic hydroxyl groups excluding tert-OH is 1. The number of rotatable bonds is 3. The standard InChI is InChI=1S/C11H17NO5S3/c1-9-7-11(18-10(9)8-13)20(16,17)12-3-2-5-19(14,15)6-4-12/h7,13H,2-6,8H2,1H3. The van der Waals surface area contributed by atoms with Gasteiger partial charge in [0.2, 0.25) is 0 Å². The summed E-state index contributed by atoms with van der Waals surface area (Å²) in [5.41, 5.74) is 0.735. The molecule has 0 aromatic carbocycles. The molecule has 1 aliphatic heterocycles. The SMILES string of the molecule is Cc1cc(S(=O)(=O)N2CCCS(=O)(=O)CC2)sc1CO. The molecular formula is C11H17NO5S3. The maximum Gasteiger partial charge on any atom is 0.252 e. The lowest BCUT2D eigenvalue weighted by Gasteiger charge is -2.18. The minimum atomic E-state index is -3.67. The van der Waals surface area contributed by atoms with E-state index in [1.54, 1.807) is 6.92 Å². The zero-order valence-corrected chi connectivity index (χ0v) is 13.5. The van der Waals surface area contributed by atoms with Gasteiger partial charge in [-0.25, -0.2) is 16.8 Å². The molecule has 1 aliphatic rings. The van der Waals surface area contributed by atoms with Gasteiger partial charge in [-0.05, 0) is 25.0 Å². The summed E-state index contributed by atoms with van der Waals surface area (Å²) in [5.74, 6) is -0.103. The molecule has 0 aliphatic carbocycles. The summed E-state index contributed by atoms with van der Waals surface area (Å²) in [6.07, 6.45) is 0.318. The lowest BCUT2D eigenvalue weighted by Crippen LogP contribution is -2.33. The Balaban J connectivity index is 2.30. The third-order valence-electron chi connectivity index (χ3n) is 3.25. The van der Waals surface area contributed by atoms with Gasteiger partial charge in [0.1, 0.15) is 4.21 Å². The normalized spacial score (nSPS) is 20.7. The van der Waals surface area contributed by atoms with Crippen LogP contribution < -0.4 is 0 Å². The fraction of sp³-hybridized carbons (Fsp3) is 0.636. The van der Waals surface area contributed by atoms with Crippen LogP contribution in [-0.4, -0.2) is 50.8 Å². The van der Waals surface area contributed by atoms with Crippen LogP contribution in [0.1, 0.15) is 16.9 Å². The van der Waals surface area contributed by atoms with Crippen LogP contribution in [0.25, 0.3) is 0 Å². The van der Waals surface area contributed by atoms with Crippen molar-refractivity contribution in [2.24, 2.45) is 0 Å². The summed E-state index contributed by atoms with van der Waals surface area (Å²) in [7, 11) is -6.82. The van der Waals surface area contributed by atoms with Gasteiger partial charge in [-0.3, -0.25) is 0 Å². The lowest BCUT2D eigenvalue weighted by molar-refractivity contribution is 0.285. The highest BCUT2D eigenvalue weighted by atomic mass is 32.2. The van der Waals surface area contributed by atoms with Crippen LogP contribution in [0.4, 0.5) is 0 Å². The smallest absolute Gasteiger partial charge is 0.252 e. The van der Waals surface area contributed by atoms with Crippen LogP contribution in [0.5, 0.6) is 0 Å². The summed E-state index contributed by atoms with van der Waals surface area (Å²) < 4.78 is 49.4. The van der Waals surface area contributed by atoms with Crippen molar-refractivity contribution in [2.75, 3.05) is 24.6 Å². The van der Waals surface area contributed by atoms with Crippen LogP contribution in [0, 0.1) is 6.92 Å². The van der Waals surface area contributed by atoms with E-state index >= 15 is 0 Å². The Labute approximate surface area is 123 Å². The molecule has 1 N–H and O–H groups in total. The molecule has 0 saturated carbocycles. The molecular weight excluding hydrogens is 322 g/mol. The van der Waals surface area contributed by atoms with Crippen LogP contribution in [0.15, 0.2) is 10.3 Å². The highest BCUT2D eigenvalue weighted by Crippen LogP contribution is 2.29. The third-order valence-corrected chi connectivity index (χ3v) is 8.54. The maximum absolute atomic E-state index is 12.5. The van der Waals surface area contributed by atoms with Gasteiger partial charge in [-0.2, -0.15) is 4.31 Å². The Kier molecular flexibility index (Phi) is 4.55. The second-order valence-corrected chi connectivity index (χ2v) is 10.3. The van der Waals surface area contributed by atoms with E-state index in [2.05, 4.69) is 0 Å². The number of nitrogens with zero attached hydrogens (tertiary/aromatic N) is 1. The van der Waals surface area contributed by atoms with Crippen LogP contribution in [-0.2, 0) is 26.5 Å². The van der Waals surface area contributed by atoms with Gasteiger partial charge in [0.25, 0.3) is 10.0 Å². The molecule has 0 amide bonds. The topological polar surface area (TPSA) is 91.8 Å². The van der Waals surface area contributed by atoms with E-state index in [1.165, 1.54) is 10.4 Å². The van der Waals surface area contributed by atoms with E-state index in [0.717, 1.165) is 16.9 Å². The first-order valence-corrected chi connectivity index (χ1v) is 10.2. The summed E-state index contributed by atoms with van der Waals surface area (Å²) in [5, 5.41) is 9.14. The van der Waals surface area contributed by atoms with Gasteiger partial charge in [-0.15, -0.1) is 11.3 Å². The molecule has 2 rings (SSSR count). The highest BCUT2D eigenvalue weighted by Gasteiger charge is 2.30. The van der Waals surface area contributed by atoms with Crippen molar-refractivity contribution in [2.45, 2.75) is 24.2 Å². The van der Waals surface area contributed by atoms with Crippen molar-refractivity contribution in [1.82, 2.24) is 4.31 Å². The number of hydrogen-bond acceptors (Lipinski definition) is 6. The van der Waals surface area contributed by atoms with Gasteiger partial charge in [0.05, 0.1) is 18.1 Å². The summed E-state index contributed by atoms with van der Waals surface area (Å²) in [6.45, 7) is 1.76. The zero-order chi connectivity index (χ0) is 15.0. The molecule has 114 valence electrons. The number of aryl methyl sites for hydroxylation is 1. The van der Waals surface area contributed by atoms with Crippen molar-refractivity contribution >= 4 is 31.2 Å². The van der Waals surface area contributed by atoms with Crippen molar-refractivity contribution in [3.05, 3.63) is 16.5 Å². The summed E-state index contributed by atoms with van der Waals surface area (Å²) in [6, 6.07) is 1.53. The minimum Gasteiger partial charge on any atom is -0.391 e. The Hall–Kier alpha value is -0.480. The van der Waals surface area contributed by atoms with Crippen LogP contribution >= 0.6 is 11.3 Å². The quantitative estimate of drug-likeness (QED) is 0.858. The van der Waals surface area contributed by atoms with E-state index in [-0.39, 0.29) is 35.4 Å². The van der Waals surface area contributed by atoms with Crippen molar-refractivity contribution in [3.8, 4) is 0 Å². The number of thiophene rings is 1. The van der Waals surface area contributed by atoms with Crippen LogP contribution in [0.3, 0.4) is 0 Å². The van der Waals surface area contributed by atoms with E-state index < -0.39 is 19.9 Å². The molecule has 6 nitrogen and oxygen atoms in total. The predicted octanol–water partition coefficient (Wildman–Crippen LogP) is 0.358. The second-order valence-electron chi connectivity index (χ2n) is 4.74. The van der Waals surface area contributed by atoms with E-state index in [4.69, 9.17) is 5.11 Å². The molecule has 0 radical (unpaired) electrons. The largest absolute Gasteiger partial charge is 0.391 e. The third kappa shape index (κ3) is 3.22. The van der Waals surface area contributed by atoms with Crippen molar-refractivity contribution < 1.29 is 21.9 Å². The zero-order valence-electron chi connectivity index (χ0n) is 11.1. The average molecular weight is 339 g/mol. The fourth-order valence-corrected chi connectivity index (χ4v) is 6.53. The van der Waals surface area contributed by atoms with E-state index in [9.17, 15) is 16.8 Å². The van der Waals surface area contributed by atoms with Gasteiger partial charge in [-0.1, -0.05) is 0 Å². The number of sulfone groups is 1. The van der Waals surface area contributed by atoms with Gasteiger partial charge >= 0.3 is 0 Å². The monoisotopic (exact) mass is 339 g/mol. The first-order chi connectivity index (χ1) is 9.26. The lowest BCUT2D eigenvalue weighted by atomic mass is 10.3. The molecule has 1 aromatic rings. The Morgan fingerprint density at radius 2 is 2.05 bits per heavy atom. The second kappa shape index (κ2) is 5.72. The Morgan fingerprint density at radius 3 is 2.65 bits per heavy atom. The Bertz CT molecular complexity index is 690. The molecule has 0 unspecified atom stereocenters. The van der Waals surface area contributed by atoms with Gasteiger partial charge in [0.15, 0.2) is 9.84 Å².